The molecule has 1 aliphatic heterocycles. The summed E-state index contributed by atoms with van der Waals surface area (Å²) >= 11 is 6.66. The maximum absolute atomic E-state index is 13.3. The second-order valence-electron chi connectivity index (χ2n) is 14.0. The summed E-state index contributed by atoms with van der Waals surface area (Å²) in [5.74, 6) is -0.262. The summed E-state index contributed by atoms with van der Waals surface area (Å²) in [5, 5.41) is 16.6. The second kappa shape index (κ2) is 11.4. The zero-order valence-corrected chi connectivity index (χ0v) is 27.2. The molecule has 2 atom stereocenters. The highest BCUT2D eigenvalue weighted by Gasteiger charge is 2.48. The van der Waals surface area contributed by atoms with Gasteiger partial charge in [0.05, 0.1) is 36.6 Å². The number of nitrogens with one attached hydrogen (secondary N) is 1. The number of imidazole rings is 1. The Bertz CT molecular complexity index is 1700. The van der Waals surface area contributed by atoms with Gasteiger partial charge in [-0.25, -0.2) is 14.6 Å². The molecule has 4 aliphatic rings. The number of amides is 2. The van der Waals surface area contributed by atoms with Crippen LogP contribution >= 0.6 is 11.6 Å². The van der Waals surface area contributed by atoms with Gasteiger partial charge in [0.15, 0.2) is 0 Å². The maximum Gasteiger partial charge on any atom is 0.409 e. The number of aromatic nitrogens is 3. The predicted molar refractivity (Wildman–Crippen MR) is 173 cm³/mol. The van der Waals surface area contributed by atoms with Crippen molar-refractivity contribution in [2.24, 2.45) is 18.4 Å². The molecular formula is C35H40ClN5O5. The third kappa shape index (κ3) is 5.77. The lowest BCUT2D eigenvalue weighted by Gasteiger charge is -2.42. The molecule has 1 saturated heterocycles. The number of nitrogens with zero attached hydrogens (tertiary/aromatic N) is 4. The highest BCUT2D eigenvalue weighted by atomic mass is 35.5. The molecule has 46 heavy (non-hydrogen) atoms. The van der Waals surface area contributed by atoms with Gasteiger partial charge in [-0.2, -0.15) is 0 Å². The van der Waals surface area contributed by atoms with Gasteiger partial charge in [0.2, 0.25) is 0 Å². The monoisotopic (exact) mass is 645 g/mol. The number of ether oxygens (including phenoxy) is 2. The van der Waals surface area contributed by atoms with Gasteiger partial charge in [-0.05, 0) is 92.0 Å². The van der Waals surface area contributed by atoms with Crippen molar-refractivity contribution < 1.29 is 24.2 Å². The number of likely N-dealkylation sites (tertiary alicyclic amines) is 1. The van der Waals surface area contributed by atoms with E-state index >= 15 is 0 Å². The van der Waals surface area contributed by atoms with Crippen molar-refractivity contribution in [3.05, 3.63) is 82.2 Å². The third-order valence-corrected chi connectivity index (χ3v) is 10.5. The van der Waals surface area contributed by atoms with E-state index in [9.17, 15) is 14.7 Å². The Kier molecular flexibility index (Phi) is 7.63. The number of halogens is 1. The number of hydrogen-bond acceptors (Lipinski definition) is 7. The molecule has 11 heteroatoms. The Hall–Kier alpha value is -3.89. The summed E-state index contributed by atoms with van der Waals surface area (Å²) in [7, 11) is 1.87. The minimum atomic E-state index is -1.51. The zero-order chi connectivity index (χ0) is 32.3. The molecule has 2 N–H and O–H groups in total. The first-order valence-corrected chi connectivity index (χ1v) is 16.4. The molecule has 1 aromatic carbocycles. The Morgan fingerprint density at radius 2 is 1.91 bits per heavy atom. The summed E-state index contributed by atoms with van der Waals surface area (Å²) in [5.41, 5.74) is 2.17. The average molecular weight is 646 g/mol. The van der Waals surface area contributed by atoms with Crippen LogP contribution in [-0.4, -0.2) is 62.0 Å². The zero-order valence-electron chi connectivity index (χ0n) is 26.5. The fourth-order valence-electron chi connectivity index (χ4n) is 6.74. The molecule has 7 rings (SSSR count). The Balaban J connectivity index is 1.27. The fourth-order valence-corrected chi connectivity index (χ4v) is 6.91. The van der Waals surface area contributed by atoms with E-state index in [1.54, 1.807) is 29.7 Å². The van der Waals surface area contributed by atoms with E-state index in [2.05, 4.69) is 17.2 Å². The molecule has 242 valence electrons. The molecule has 2 unspecified atom stereocenters. The molecule has 3 heterocycles. The number of hydrogen-bond donors (Lipinski definition) is 2. The van der Waals surface area contributed by atoms with Gasteiger partial charge in [0.1, 0.15) is 11.2 Å². The van der Waals surface area contributed by atoms with Gasteiger partial charge in [-0.3, -0.25) is 4.98 Å². The molecule has 2 amide bonds. The molecule has 0 radical (unpaired) electrons. The third-order valence-electron chi connectivity index (χ3n) is 10.2. The number of aliphatic hydroxyl groups is 1. The van der Waals surface area contributed by atoms with Crippen LogP contribution in [0.4, 0.5) is 9.59 Å². The van der Waals surface area contributed by atoms with Crippen LogP contribution in [0, 0.1) is 11.3 Å². The number of fused-ring (bicyclic) bond motifs is 2. The second-order valence-corrected chi connectivity index (χ2v) is 14.4. The minimum Gasteiger partial charge on any atom is -0.449 e. The van der Waals surface area contributed by atoms with E-state index in [1.165, 1.54) is 0 Å². The van der Waals surface area contributed by atoms with Crippen LogP contribution < -0.4 is 5.32 Å². The first-order valence-electron chi connectivity index (χ1n) is 16.1. The largest absolute Gasteiger partial charge is 0.449 e. The molecule has 3 aromatic rings. The quantitative estimate of drug-likeness (QED) is 0.313. The topological polar surface area (TPSA) is 119 Å². The number of piperidine rings is 1. The van der Waals surface area contributed by atoms with E-state index in [4.69, 9.17) is 26.1 Å². The number of carbonyl (C=O) groups excluding carboxylic acids is 2. The lowest BCUT2D eigenvalue weighted by molar-refractivity contribution is -0.0186. The number of alkyl carbamates (subject to hydrolysis) is 1. The van der Waals surface area contributed by atoms with E-state index in [0.29, 0.717) is 54.4 Å². The number of aryl methyl sites for hydroxylation is 1. The summed E-state index contributed by atoms with van der Waals surface area (Å²) in [6.45, 7) is 5.41. The van der Waals surface area contributed by atoms with Crippen LogP contribution in [0.5, 0.6) is 0 Å². The summed E-state index contributed by atoms with van der Waals surface area (Å²) in [6.07, 6.45) is 11.1. The lowest BCUT2D eigenvalue weighted by atomic mass is 9.72. The summed E-state index contributed by atoms with van der Waals surface area (Å²) in [4.78, 5) is 37.1. The van der Waals surface area contributed by atoms with E-state index < -0.39 is 23.3 Å². The first kappa shape index (κ1) is 30.7. The van der Waals surface area contributed by atoms with Gasteiger partial charge in [-0.15, -0.1) is 0 Å². The first-order chi connectivity index (χ1) is 22.0. The molecule has 2 aromatic heterocycles. The number of benzene rings is 1. The smallest absolute Gasteiger partial charge is 0.409 e. The van der Waals surface area contributed by atoms with Crippen molar-refractivity contribution in [2.75, 3.05) is 19.7 Å². The molecule has 3 fully saturated rings. The highest BCUT2D eigenvalue weighted by Crippen LogP contribution is 2.50. The molecule has 10 nitrogen and oxygen atoms in total. The number of rotatable bonds is 7. The average Bonchev–Trinajstić information content (AvgIpc) is 3.93. The van der Waals surface area contributed by atoms with Crippen LogP contribution in [0.15, 0.2) is 49.1 Å². The molecule has 3 aliphatic carbocycles. The molecular weight excluding hydrogens is 606 g/mol. The van der Waals surface area contributed by atoms with Gasteiger partial charge in [0, 0.05) is 42.7 Å². The Morgan fingerprint density at radius 3 is 2.59 bits per heavy atom. The fraction of sp³-hybridized carbons (Fsp3) is 0.486. The summed E-state index contributed by atoms with van der Waals surface area (Å²) < 4.78 is 13.3. The van der Waals surface area contributed by atoms with Crippen molar-refractivity contribution in [2.45, 2.75) is 69.6 Å². The molecule has 2 saturated carbocycles. The van der Waals surface area contributed by atoms with Crippen molar-refractivity contribution in [1.29, 1.82) is 0 Å². The highest BCUT2D eigenvalue weighted by molar-refractivity contribution is 6.30. The normalized spacial score (nSPS) is 23.2. The summed E-state index contributed by atoms with van der Waals surface area (Å²) in [6, 6.07) is 8.55. The van der Waals surface area contributed by atoms with Gasteiger partial charge in [-0.1, -0.05) is 30.7 Å². The molecule has 0 spiro atoms. The standard InChI is InChI=1S/C35H40ClN5O5/c1-33(10-11-33)20-45-32(43)41-15-8-23(9-16-41)35(44)27-7-6-24(36)18-25(27)26(17-22-5-4-14-38-30(22)35)29(28-19-37-21-40(28)3)39-31(42)46-34(2)12-13-34/h4-7,14,17-19,21,23,29,44H,8-13,15-16,20H2,1-3H3,(H,39,42). The van der Waals surface area contributed by atoms with E-state index in [-0.39, 0.29) is 17.4 Å². The van der Waals surface area contributed by atoms with Crippen LogP contribution in [-0.2, 0) is 22.1 Å². The van der Waals surface area contributed by atoms with Gasteiger partial charge in [0.25, 0.3) is 0 Å². The van der Waals surface area contributed by atoms with Crippen LogP contribution in [0.1, 0.15) is 86.5 Å². The lowest BCUT2D eigenvalue weighted by Crippen LogP contribution is -2.47. The van der Waals surface area contributed by atoms with Gasteiger partial charge >= 0.3 is 12.2 Å². The Morgan fingerprint density at radius 1 is 1.15 bits per heavy atom. The SMILES string of the molecule is Cn1cncc1C(NC(=O)OC1(C)CC1)C1=Cc2cccnc2C(O)(C2CCN(C(=O)OCC3(C)CC3)CC2)c2ccc(Cl)cc21. The number of pyridine rings is 1. The van der Waals surface area contributed by atoms with E-state index in [1.807, 2.05) is 48.9 Å². The van der Waals surface area contributed by atoms with Crippen LogP contribution in [0.25, 0.3) is 11.6 Å². The van der Waals surface area contributed by atoms with Crippen molar-refractivity contribution in [3.63, 3.8) is 0 Å². The van der Waals surface area contributed by atoms with Crippen LogP contribution in [0.3, 0.4) is 0 Å². The van der Waals surface area contributed by atoms with Gasteiger partial charge < -0.3 is 29.4 Å². The van der Waals surface area contributed by atoms with Crippen molar-refractivity contribution in [1.82, 2.24) is 24.8 Å². The van der Waals surface area contributed by atoms with Crippen molar-refractivity contribution >= 4 is 35.4 Å². The predicted octanol–water partition coefficient (Wildman–Crippen LogP) is 6.23. The number of carbonyl (C=O) groups is 2. The minimum absolute atomic E-state index is 0.114. The molecule has 0 bridgehead atoms. The van der Waals surface area contributed by atoms with Crippen molar-refractivity contribution in [3.8, 4) is 0 Å². The van der Waals surface area contributed by atoms with Crippen LogP contribution in [0.2, 0.25) is 5.02 Å². The maximum atomic E-state index is 13.3. The Labute approximate surface area is 273 Å². The van der Waals surface area contributed by atoms with E-state index in [0.717, 1.165) is 42.5 Å².